The van der Waals surface area contributed by atoms with Gasteiger partial charge in [0.2, 0.25) is 0 Å². The van der Waals surface area contributed by atoms with E-state index in [-0.39, 0.29) is 0 Å². The van der Waals surface area contributed by atoms with Gasteiger partial charge in [-0.3, -0.25) is 0 Å². The van der Waals surface area contributed by atoms with E-state index in [1.807, 2.05) is 11.3 Å². The molecule has 3 heteroatoms. The SMILES string of the molecule is CC1CC(NC2CCCCC2)CN(c2ccsc2)C1. The maximum absolute atomic E-state index is 3.94. The molecule has 0 radical (unpaired) electrons. The van der Waals surface area contributed by atoms with Gasteiger partial charge in [0.05, 0.1) is 0 Å². The van der Waals surface area contributed by atoms with Crippen LogP contribution in [0.5, 0.6) is 0 Å². The fourth-order valence-corrected chi connectivity index (χ4v) is 4.39. The van der Waals surface area contributed by atoms with Crippen molar-refractivity contribution in [2.24, 2.45) is 5.92 Å². The Hall–Kier alpha value is -0.540. The van der Waals surface area contributed by atoms with Crippen LogP contribution in [0.3, 0.4) is 0 Å². The highest BCUT2D eigenvalue weighted by Gasteiger charge is 2.27. The standard InChI is InChI=1S/C16H26N2S/c1-13-9-15(17-14-5-3-2-4-6-14)11-18(10-13)16-7-8-19-12-16/h7-8,12-15,17H,2-6,9-11H2,1H3. The molecule has 2 atom stereocenters. The Bertz CT molecular complexity index is 370. The van der Waals surface area contributed by atoms with Gasteiger partial charge in [0.1, 0.15) is 0 Å². The lowest BCUT2D eigenvalue weighted by Crippen LogP contribution is -2.51. The molecular weight excluding hydrogens is 252 g/mol. The van der Waals surface area contributed by atoms with E-state index in [0.717, 1.165) is 12.0 Å². The summed E-state index contributed by atoms with van der Waals surface area (Å²) in [6.45, 7) is 4.81. The van der Waals surface area contributed by atoms with Gasteiger partial charge >= 0.3 is 0 Å². The van der Waals surface area contributed by atoms with Gasteiger partial charge < -0.3 is 10.2 Å². The van der Waals surface area contributed by atoms with Gasteiger partial charge in [-0.1, -0.05) is 26.2 Å². The quantitative estimate of drug-likeness (QED) is 0.902. The average molecular weight is 278 g/mol. The molecule has 19 heavy (non-hydrogen) atoms. The van der Waals surface area contributed by atoms with Crippen molar-refractivity contribution < 1.29 is 0 Å². The molecule has 106 valence electrons. The molecule has 0 aromatic carbocycles. The third-order valence-corrected chi connectivity index (χ3v) is 5.28. The van der Waals surface area contributed by atoms with E-state index in [0.29, 0.717) is 6.04 Å². The summed E-state index contributed by atoms with van der Waals surface area (Å²) in [7, 11) is 0. The van der Waals surface area contributed by atoms with E-state index < -0.39 is 0 Å². The number of thiophene rings is 1. The minimum absolute atomic E-state index is 0.687. The van der Waals surface area contributed by atoms with Crippen LogP contribution in [0, 0.1) is 5.92 Å². The highest BCUT2D eigenvalue weighted by molar-refractivity contribution is 7.08. The Labute approximate surface area is 121 Å². The van der Waals surface area contributed by atoms with E-state index in [1.165, 1.54) is 57.3 Å². The Morgan fingerprint density at radius 3 is 2.74 bits per heavy atom. The van der Waals surface area contributed by atoms with Crippen molar-refractivity contribution in [3.05, 3.63) is 16.8 Å². The summed E-state index contributed by atoms with van der Waals surface area (Å²) < 4.78 is 0. The lowest BCUT2D eigenvalue weighted by atomic mass is 9.91. The van der Waals surface area contributed by atoms with Crippen LogP contribution in [-0.2, 0) is 0 Å². The zero-order valence-corrected chi connectivity index (χ0v) is 12.8. The molecule has 2 unspecified atom stereocenters. The molecule has 2 heterocycles. The molecule has 1 N–H and O–H groups in total. The maximum Gasteiger partial charge on any atom is 0.0475 e. The van der Waals surface area contributed by atoms with Crippen LogP contribution in [0.25, 0.3) is 0 Å². The van der Waals surface area contributed by atoms with Crippen molar-refractivity contribution in [1.29, 1.82) is 0 Å². The summed E-state index contributed by atoms with van der Waals surface area (Å²) in [4.78, 5) is 2.57. The number of hydrogen-bond acceptors (Lipinski definition) is 3. The molecule has 1 aromatic rings. The van der Waals surface area contributed by atoms with Crippen molar-refractivity contribution in [3.63, 3.8) is 0 Å². The van der Waals surface area contributed by atoms with Crippen molar-refractivity contribution >= 4 is 17.0 Å². The van der Waals surface area contributed by atoms with Gasteiger partial charge in [-0.2, -0.15) is 11.3 Å². The summed E-state index contributed by atoms with van der Waals surface area (Å²) in [5.41, 5.74) is 1.42. The normalized spacial score (nSPS) is 29.6. The maximum atomic E-state index is 3.94. The van der Waals surface area contributed by atoms with Crippen LogP contribution < -0.4 is 10.2 Å². The summed E-state index contributed by atoms with van der Waals surface area (Å²) in [5.74, 6) is 0.801. The molecule has 1 aliphatic carbocycles. The molecule has 2 aliphatic rings. The zero-order chi connectivity index (χ0) is 13.1. The first-order valence-corrected chi connectivity index (χ1v) is 8.79. The first-order chi connectivity index (χ1) is 9.31. The van der Waals surface area contributed by atoms with E-state index >= 15 is 0 Å². The number of nitrogens with zero attached hydrogens (tertiary/aromatic N) is 1. The predicted octanol–water partition coefficient (Wildman–Crippen LogP) is 3.89. The van der Waals surface area contributed by atoms with E-state index in [2.05, 4.69) is 34.0 Å². The van der Waals surface area contributed by atoms with Crippen LogP contribution in [0.1, 0.15) is 45.4 Å². The fourth-order valence-electron chi connectivity index (χ4n) is 3.72. The first kappa shape index (κ1) is 13.4. The largest absolute Gasteiger partial charge is 0.369 e. The lowest BCUT2D eigenvalue weighted by Gasteiger charge is -2.40. The molecule has 0 amide bonds. The molecule has 3 rings (SSSR count). The third kappa shape index (κ3) is 3.51. The van der Waals surface area contributed by atoms with Gasteiger partial charge in [-0.25, -0.2) is 0 Å². The first-order valence-electron chi connectivity index (χ1n) is 7.84. The second-order valence-corrected chi connectivity index (χ2v) is 7.21. The molecule has 1 saturated carbocycles. The van der Waals surface area contributed by atoms with Gasteiger partial charge in [-0.05, 0) is 36.6 Å². The fraction of sp³-hybridized carbons (Fsp3) is 0.750. The van der Waals surface area contributed by atoms with Crippen LogP contribution >= 0.6 is 11.3 Å². The Balaban J connectivity index is 1.58. The highest BCUT2D eigenvalue weighted by atomic mass is 32.1. The summed E-state index contributed by atoms with van der Waals surface area (Å²) in [5, 5.41) is 8.42. The minimum Gasteiger partial charge on any atom is -0.369 e. The number of piperidine rings is 1. The van der Waals surface area contributed by atoms with E-state index in [1.54, 1.807) is 0 Å². The van der Waals surface area contributed by atoms with E-state index in [4.69, 9.17) is 0 Å². The van der Waals surface area contributed by atoms with Gasteiger partial charge in [0.25, 0.3) is 0 Å². The number of anilines is 1. The molecule has 1 aliphatic heterocycles. The third-order valence-electron chi connectivity index (χ3n) is 4.61. The Kier molecular flexibility index (Phi) is 4.44. The van der Waals surface area contributed by atoms with Crippen molar-refractivity contribution in [3.8, 4) is 0 Å². The van der Waals surface area contributed by atoms with Gasteiger partial charge in [-0.15, -0.1) is 0 Å². The minimum atomic E-state index is 0.687. The van der Waals surface area contributed by atoms with Crippen LogP contribution in [0.2, 0.25) is 0 Å². The van der Waals surface area contributed by atoms with E-state index in [9.17, 15) is 0 Å². The molecule has 2 nitrogen and oxygen atoms in total. The zero-order valence-electron chi connectivity index (χ0n) is 12.0. The van der Waals surface area contributed by atoms with Crippen molar-refractivity contribution in [2.75, 3.05) is 18.0 Å². The predicted molar refractivity (Wildman–Crippen MR) is 84.1 cm³/mol. The second kappa shape index (κ2) is 6.27. The molecular formula is C16H26N2S. The Morgan fingerprint density at radius 2 is 2.00 bits per heavy atom. The lowest BCUT2D eigenvalue weighted by molar-refractivity contribution is 0.285. The van der Waals surface area contributed by atoms with Gasteiger partial charge in [0, 0.05) is 36.2 Å². The number of nitrogens with one attached hydrogen (secondary N) is 1. The molecule has 1 saturated heterocycles. The smallest absolute Gasteiger partial charge is 0.0475 e. The van der Waals surface area contributed by atoms with Crippen molar-refractivity contribution in [2.45, 2.75) is 57.5 Å². The topological polar surface area (TPSA) is 15.3 Å². The van der Waals surface area contributed by atoms with Crippen LogP contribution in [-0.4, -0.2) is 25.2 Å². The molecule has 2 fully saturated rings. The van der Waals surface area contributed by atoms with Crippen LogP contribution in [0.4, 0.5) is 5.69 Å². The molecule has 0 bridgehead atoms. The number of hydrogen-bond donors (Lipinski definition) is 1. The Morgan fingerprint density at radius 1 is 1.16 bits per heavy atom. The second-order valence-electron chi connectivity index (χ2n) is 6.43. The molecule has 0 spiro atoms. The number of rotatable bonds is 3. The molecule has 1 aromatic heterocycles. The summed E-state index contributed by atoms with van der Waals surface area (Å²) in [6, 6.07) is 3.74. The summed E-state index contributed by atoms with van der Waals surface area (Å²) in [6.07, 6.45) is 8.42. The van der Waals surface area contributed by atoms with Crippen molar-refractivity contribution in [1.82, 2.24) is 5.32 Å². The van der Waals surface area contributed by atoms with Gasteiger partial charge in [0.15, 0.2) is 0 Å². The highest BCUT2D eigenvalue weighted by Crippen LogP contribution is 2.26. The average Bonchev–Trinajstić information content (AvgIpc) is 2.93. The summed E-state index contributed by atoms with van der Waals surface area (Å²) >= 11 is 1.81. The monoisotopic (exact) mass is 278 g/mol. The van der Waals surface area contributed by atoms with Crippen LogP contribution in [0.15, 0.2) is 16.8 Å².